The molecule has 0 radical (unpaired) electrons. The van der Waals surface area contributed by atoms with Gasteiger partial charge >= 0.3 is 0 Å². The molecular formula is C18H17N3O2S. The summed E-state index contributed by atoms with van der Waals surface area (Å²) < 4.78 is 7.64. The highest BCUT2D eigenvalue weighted by molar-refractivity contribution is 7.99. The lowest BCUT2D eigenvalue weighted by Crippen LogP contribution is -2.03. The molecule has 6 heteroatoms. The average Bonchev–Trinajstić information content (AvgIpc) is 3.00. The molecule has 0 saturated carbocycles. The van der Waals surface area contributed by atoms with Crippen molar-refractivity contribution >= 4 is 18.0 Å². The Morgan fingerprint density at radius 3 is 2.62 bits per heavy atom. The van der Waals surface area contributed by atoms with Gasteiger partial charge in [0.15, 0.2) is 17.3 Å². The van der Waals surface area contributed by atoms with Crippen molar-refractivity contribution in [3.8, 4) is 17.1 Å². The number of carbonyl (C=O) groups is 1. The van der Waals surface area contributed by atoms with Crippen LogP contribution >= 0.6 is 11.8 Å². The second-order valence-electron chi connectivity index (χ2n) is 5.08. The average molecular weight is 339 g/mol. The SMILES string of the molecule is Cn1c(SCCOc2ccccc2C=O)nnc1-c1ccccc1. The van der Waals surface area contributed by atoms with Crippen LogP contribution in [0.1, 0.15) is 10.4 Å². The van der Waals surface area contributed by atoms with Crippen LogP contribution in [-0.4, -0.2) is 33.4 Å². The molecule has 3 rings (SSSR count). The van der Waals surface area contributed by atoms with Gasteiger partial charge in [-0.2, -0.15) is 0 Å². The van der Waals surface area contributed by atoms with E-state index >= 15 is 0 Å². The number of hydrogen-bond acceptors (Lipinski definition) is 5. The van der Waals surface area contributed by atoms with Gasteiger partial charge in [-0.1, -0.05) is 54.2 Å². The summed E-state index contributed by atoms with van der Waals surface area (Å²) in [5.74, 6) is 2.16. The van der Waals surface area contributed by atoms with Crippen LogP contribution in [0.4, 0.5) is 0 Å². The van der Waals surface area contributed by atoms with E-state index in [1.807, 2.05) is 54.1 Å². The molecule has 0 atom stereocenters. The van der Waals surface area contributed by atoms with Gasteiger partial charge in [0.1, 0.15) is 5.75 Å². The highest BCUT2D eigenvalue weighted by Gasteiger charge is 2.10. The fourth-order valence-corrected chi connectivity index (χ4v) is 3.00. The van der Waals surface area contributed by atoms with Gasteiger partial charge < -0.3 is 9.30 Å². The van der Waals surface area contributed by atoms with Crippen LogP contribution in [0.15, 0.2) is 59.8 Å². The zero-order valence-corrected chi connectivity index (χ0v) is 14.1. The van der Waals surface area contributed by atoms with E-state index in [1.165, 1.54) is 0 Å². The van der Waals surface area contributed by atoms with Crippen LogP contribution in [-0.2, 0) is 7.05 Å². The normalized spacial score (nSPS) is 10.5. The van der Waals surface area contributed by atoms with Crippen LogP contribution in [0, 0.1) is 0 Å². The second kappa shape index (κ2) is 7.79. The van der Waals surface area contributed by atoms with E-state index in [2.05, 4.69) is 10.2 Å². The van der Waals surface area contributed by atoms with Crippen molar-refractivity contribution in [2.45, 2.75) is 5.16 Å². The molecule has 0 N–H and O–H groups in total. The third kappa shape index (κ3) is 3.65. The summed E-state index contributed by atoms with van der Waals surface area (Å²) >= 11 is 1.57. The maximum atomic E-state index is 11.0. The third-order valence-electron chi connectivity index (χ3n) is 3.48. The maximum absolute atomic E-state index is 11.0. The Hall–Kier alpha value is -2.60. The molecule has 0 unspecified atom stereocenters. The molecule has 1 heterocycles. The summed E-state index contributed by atoms with van der Waals surface area (Å²) in [6.07, 6.45) is 0.803. The fourth-order valence-electron chi connectivity index (χ4n) is 2.27. The van der Waals surface area contributed by atoms with Crippen molar-refractivity contribution in [3.63, 3.8) is 0 Å². The minimum atomic E-state index is 0.489. The Bertz CT molecular complexity index is 818. The summed E-state index contributed by atoms with van der Waals surface area (Å²) in [5, 5.41) is 9.32. The van der Waals surface area contributed by atoms with E-state index < -0.39 is 0 Å². The number of ether oxygens (including phenoxy) is 1. The quantitative estimate of drug-likeness (QED) is 0.375. The number of aromatic nitrogens is 3. The molecule has 3 aromatic rings. The molecule has 5 nitrogen and oxygen atoms in total. The number of hydrogen-bond donors (Lipinski definition) is 0. The second-order valence-corrected chi connectivity index (χ2v) is 6.15. The van der Waals surface area contributed by atoms with E-state index in [0.717, 1.165) is 22.8 Å². The topological polar surface area (TPSA) is 57.0 Å². The molecule has 0 spiro atoms. The predicted molar refractivity (Wildman–Crippen MR) is 94.5 cm³/mol. The summed E-state index contributed by atoms with van der Waals surface area (Å²) in [7, 11) is 1.95. The zero-order chi connectivity index (χ0) is 16.8. The summed E-state index contributed by atoms with van der Waals surface area (Å²) in [6.45, 7) is 0.489. The number of carbonyl (C=O) groups excluding carboxylic acids is 1. The van der Waals surface area contributed by atoms with Gasteiger partial charge in [-0.25, -0.2) is 0 Å². The van der Waals surface area contributed by atoms with E-state index in [0.29, 0.717) is 23.7 Å². The first-order chi connectivity index (χ1) is 11.8. The molecule has 24 heavy (non-hydrogen) atoms. The van der Waals surface area contributed by atoms with Crippen molar-refractivity contribution in [3.05, 3.63) is 60.2 Å². The number of rotatable bonds is 7. The third-order valence-corrected chi connectivity index (χ3v) is 4.47. The molecule has 0 saturated heterocycles. The molecule has 122 valence electrons. The molecule has 0 aliphatic rings. The molecule has 2 aromatic carbocycles. The minimum Gasteiger partial charge on any atom is -0.492 e. The van der Waals surface area contributed by atoms with Crippen LogP contribution in [0.3, 0.4) is 0 Å². The highest BCUT2D eigenvalue weighted by atomic mass is 32.2. The number of aldehydes is 1. The first-order valence-electron chi connectivity index (χ1n) is 7.54. The molecule has 0 aliphatic carbocycles. The van der Waals surface area contributed by atoms with Gasteiger partial charge in [-0.15, -0.1) is 10.2 Å². The Labute approximate surface area is 144 Å². The lowest BCUT2D eigenvalue weighted by Gasteiger charge is -2.08. The number of para-hydroxylation sites is 1. The molecule has 1 aromatic heterocycles. The molecule has 0 amide bonds. The largest absolute Gasteiger partial charge is 0.492 e. The van der Waals surface area contributed by atoms with Crippen LogP contribution in [0.5, 0.6) is 5.75 Å². The van der Waals surface area contributed by atoms with Crippen molar-refractivity contribution in [1.82, 2.24) is 14.8 Å². The smallest absolute Gasteiger partial charge is 0.191 e. The van der Waals surface area contributed by atoms with Crippen LogP contribution in [0.2, 0.25) is 0 Å². The standard InChI is InChI=1S/C18H17N3O2S/c1-21-17(14-7-3-2-4-8-14)19-20-18(21)24-12-11-23-16-10-6-5-9-15(16)13-22/h2-10,13H,11-12H2,1H3. The van der Waals surface area contributed by atoms with E-state index in [4.69, 9.17) is 4.74 Å². The van der Waals surface area contributed by atoms with Gasteiger partial charge in [0, 0.05) is 18.4 Å². The first kappa shape index (κ1) is 16.3. The Morgan fingerprint density at radius 1 is 1.08 bits per heavy atom. The van der Waals surface area contributed by atoms with Gasteiger partial charge in [-0.05, 0) is 12.1 Å². The first-order valence-corrected chi connectivity index (χ1v) is 8.53. The van der Waals surface area contributed by atoms with Gasteiger partial charge in [0.25, 0.3) is 0 Å². The Balaban J connectivity index is 1.58. The Morgan fingerprint density at radius 2 is 1.83 bits per heavy atom. The van der Waals surface area contributed by atoms with E-state index in [1.54, 1.807) is 23.9 Å². The van der Waals surface area contributed by atoms with Crippen molar-refractivity contribution < 1.29 is 9.53 Å². The molecule has 0 bridgehead atoms. The number of benzene rings is 2. The van der Waals surface area contributed by atoms with E-state index in [9.17, 15) is 4.79 Å². The van der Waals surface area contributed by atoms with E-state index in [-0.39, 0.29) is 0 Å². The maximum Gasteiger partial charge on any atom is 0.191 e. The lowest BCUT2D eigenvalue weighted by atomic mass is 10.2. The molecule has 0 fully saturated rings. The number of thioether (sulfide) groups is 1. The van der Waals surface area contributed by atoms with Gasteiger partial charge in [0.2, 0.25) is 0 Å². The lowest BCUT2D eigenvalue weighted by molar-refractivity contribution is 0.112. The van der Waals surface area contributed by atoms with Crippen molar-refractivity contribution in [2.75, 3.05) is 12.4 Å². The van der Waals surface area contributed by atoms with Crippen molar-refractivity contribution in [2.24, 2.45) is 7.05 Å². The number of nitrogens with zero attached hydrogens (tertiary/aromatic N) is 3. The molecule has 0 aliphatic heterocycles. The van der Waals surface area contributed by atoms with Gasteiger partial charge in [0.05, 0.1) is 12.2 Å². The van der Waals surface area contributed by atoms with Crippen LogP contribution < -0.4 is 4.74 Å². The fraction of sp³-hybridized carbons (Fsp3) is 0.167. The summed E-state index contributed by atoms with van der Waals surface area (Å²) in [6, 6.07) is 17.2. The zero-order valence-electron chi connectivity index (χ0n) is 13.3. The van der Waals surface area contributed by atoms with Crippen LogP contribution in [0.25, 0.3) is 11.4 Å². The summed E-state index contributed by atoms with van der Waals surface area (Å²) in [4.78, 5) is 11.0. The highest BCUT2D eigenvalue weighted by Crippen LogP contribution is 2.22. The Kier molecular flexibility index (Phi) is 5.28. The van der Waals surface area contributed by atoms with Gasteiger partial charge in [-0.3, -0.25) is 4.79 Å². The summed E-state index contributed by atoms with van der Waals surface area (Å²) in [5.41, 5.74) is 1.60. The predicted octanol–water partition coefficient (Wildman–Crippen LogP) is 3.47. The van der Waals surface area contributed by atoms with Crippen molar-refractivity contribution in [1.29, 1.82) is 0 Å². The molecular weight excluding hydrogens is 322 g/mol. The minimum absolute atomic E-state index is 0.489. The monoisotopic (exact) mass is 339 g/mol.